The van der Waals surface area contributed by atoms with E-state index in [1.54, 1.807) is 12.3 Å². The fourth-order valence-corrected chi connectivity index (χ4v) is 4.77. The topological polar surface area (TPSA) is 94.2 Å². The van der Waals surface area contributed by atoms with Gasteiger partial charge in [0.05, 0.1) is 22.6 Å². The molecule has 3 unspecified atom stereocenters. The Morgan fingerprint density at radius 1 is 1.33 bits per heavy atom. The molecule has 1 aromatic heterocycles. The number of nitrogens with one attached hydrogen (secondary N) is 2. The number of hydrazine groups is 1. The van der Waals surface area contributed by atoms with E-state index < -0.39 is 0 Å². The van der Waals surface area contributed by atoms with Crippen LogP contribution in [-0.4, -0.2) is 16.1 Å². The molecule has 2 aromatic rings. The van der Waals surface area contributed by atoms with E-state index in [2.05, 4.69) is 53.9 Å². The summed E-state index contributed by atoms with van der Waals surface area (Å²) in [6.07, 6.45) is 2.21. The maximum atomic E-state index is 11.1. The first-order chi connectivity index (χ1) is 13.0. The van der Waals surface area contributed by atoms with E-state index in [0.29, 0.717) is 5.57 Å². The van der Waals surface area contributed by atoms with E-state index in [1.165, 1.54) is 28.0 Å². The summed E-state index contributed by atoms with van der Waals surface area (Å²) >= 11 is 1.19. The van der Waals surface area contributed by atoms with Crippen molar-refractivity contribution in [2.45, 2.75) is 38.5 Å². The van der Waals surface area contributed by atoms with Crippen molar-refractivity contribution in [3.63, 3.8) is 0 Å². The average molecular weight is 381 g/mol. The molecule has 27 heavy (non-hydrogen) atoms. The quantitative estimate of drug-likeness (QED) is 0.623. The molecule has 0 aliphatic carbocycles. The lowest BCUT2D eigenvalue weighted by Crippen LogP contribution is -2.55. The van der Waals surface area contributed by atoms with Gasteiger partial charge < -0.3 is 5.43 Å². The number of hydrogen-bond donors (Lipinski definition) is 2. The number of benzene rings is 1. The van der Waals surface area contributed by atoms with Gasteiger partial charge in [-0.3, -0.25) is 15.4 Å². The molecule has 2 aliphatic heterocycles. The molecule has 1 fully saturated rings. The van der Waals surface area contributed by atoms with E-state index in [0.717, 1.165) is 11.3 Å². The summed E-state index contributed by atoms with van der Waals surface area (Å²) in [7, 11) is 0. The van der Waals surface area contributed by atoms with Crippen molar-refractivity contribution in [3.8, 4) is 6.07 Å². The van der Waals surface area contributed by atoms with Gasteiger partial charge in [0.1, 0.15) is 6.17 Å². The summed E-state index contributed by atoms with van der Waals surface area (Å²) in [6, 6.07) is 12.0. The molecule has 7 nitrogen and oxygen atoms in total. The van der Waals surface area contributed by atoms with Crippen molar-refractivity contribution in [1.82, 2.24) is 15.8 Å². The Labute approximate surface area is 161 Å². The van der Waals surface area contributed by atoms with Crippen molar-refractivity contribution < 1.29 is 4.92 Å². The third-order valence-electron chi connectivity index (χ3n) is 5.15. The van der Waals surface area contributed by atoms with Crippen LogP contribution in [0.3, 0.4) is 0 Å². The van der Waals surface area contributed by atoms with Gasteiger partial charge in [-0.05, 0) is 37.5 Å². The van der Waals surface area contributed by atoms with Crippen molar-refractivity contribution >= 4 is 16.3 Å². The fraction of sp³-hybridized carbons (Fsp3) is 0.316. The molecule has 1 saturated heterocycles. The third-order valence-corrected chi connectivity index (χ3v) is 6.30. The Bertz CT molecular complexity index is 977. The molecule has 2 aliphatic rings. The van der Waals surface area contributed by atoms with Gasteiger partial charge >= 0.3 is 5.00 Å². The zero-order valence-corrected chi connectivity index (χ0v) is 15.8. The molecular weight excluding hydrogens is 362 g/mol. The normalized spacial score (nSPS) is 24.6. The molecule has 0 bridgehead atoms. The molecule has 0 amide bonds. The highest BCUT2D eigenvalue weighted by molar-refractivity contribution is 7.15. The minimum Gasteiger partial charge on any atom is -0.323 e. The van der Waals surface area contributed by atoms with Gasteiger partial charge in [-0.25, -0.2) is 0 Å². The molecule has 138 valence electrons. The molecule has 8 heteroatoms. The summed E-state index contributed by atoms with van der Waals surface area (Å²) in [5, 5.41) is 26.2. The highest BCUT2D eigenvalue weighted by atomic mass is 32.1. The SMILES string of the molecule is Cc1ccc(C2CC(c3ccc([N+](=O)[O-])s3)NC3C(C#N)=CNN32)c(C)c1. The summed E-state index contributed by atoms with van der Waals surface area (Å²) in [6.45, 7) is 4.16. The van der Waals surface area contributed by atoms with Gasteiger partial charge in [0.15, 0.2) is 0 Å². The largest absolute Gasteiger partial charge is 0.324 e. The van der Waals surface area contributed by atoms with Crippen LogP contribution >= 0.6 is 11.3 Å². The minimum atomic E-state index is -0.358. The highest BCUT2D eigenvalue weighted by Crippen LogP contribution is 2.42. The second kappa shape index (κ2) is 6.78. The van der Waals surface area contributed by atoms with Crippen LogP contribution in [0, 0.1) is 35.3 Å². The molecule has 3 atom stereocenters. The smallest absolute Gasteiger partial charge is 0.323 e. The van der Waals surface area contributed by atoms with Gasteiger partial charge in [0.25, 0.3) is 0 Å². The zero-order chi connectivity index (χ0) is 19.1. The van der Waals surface area contributed by atoms with E-state index in [9.17, 15) is 15.4 Å². The van der Waals surface area contributed by atoms with E-state index >= 15 is 0 Å². The van der Waals surface area contributed by atoms with Crippen LogP contribution in [0.1, 0.15) is 40.1 Å². The zero-order valence-electron chi connectivity index (χ0n) is 15.0. The number of nitrogens with zero attached hydrogens (tertiary/aromatic N) is 3. The van der Waals surface area contributed by atoms with Gasteiger partial charge in [0.2, 0.25) is 0 Å². The number of thiophene rings is 1. The van der Waals surface area contributed by atoms with Gasteiger partial charge in [-0.2, -0.15) is 10.3 Å². The first-order valence-corrected chi connectivity index (χ1v) is 9.51. The summed E-state index contributed by atoms with van der Waals surface area (Å²) in [5.74, 6) is 0. The lowest BCUT2D eigenvalue weighted by atomic mass is 9.90. The highest BCUT2D eigenvalue weighted by Gasteiger charge is 2.42. The van der Waals surface area contributed by atoms with Crippen LogP contribution in [0.25, 0.3) is 0 Å². The number of nitro groups is 1. The van der Waals surface area contributed by atoms with Gasteiger partial charge in [-0.15, -0.1) is 0 Å². The Morgan fingerprint density at radius 3 is 2.81 bits per heavy atom. The maximum absolute atomic E-state index is 11.1. The van der Waals surface area contributed by atoms with E-state index in [1.807, 2.05) is 6.07 Å². The van der Waals surface area contributed by atoms with Crippen LogP contribution in [-0.2, 0) is 0 Å². The second-order valence-electron chi connectivity index (χ2n) is 6.91. The number of aryl methyl sites for hydroxylation is 2. The molecule has 2 N–H and O–H groups in total. The predicted molar refractivity (Wildman–Crippen MR) is 103 cm³/mol. The Kier molecular flexibility index (Phi) is 4.44. The molecule has 0 saturated carbocycles. The first-order valence-electron chi connectivity index (χ1n) is 8.70. The van der Waals surface area contributed by atoms with Crippen LogP contribution in [0.2, 0.25) is 0 Å². The molecule has 0 radical (unpaired) electrons. The fourth-order valence-electron chi connectivity index (χ4n) is 3.88. The summed E-state index contributed by atoms with van der Waals surface area (Å²) in [4.78, 5) is 11.6. The van der Waals surface area contributed by atoms with E-state index in [4.69, 9.17) is 0 Å². The third kappa shape index (κ3) is 3.10. The van der Waals surface area contributed by atoms with Crippen LogP contribution in [0.4, 0.5) is 5.00 Å². The van der Waals surface area contributed by atoms with Crippen molar-refractivity contribution in [2.75, 3.05) is 0 Å². The Hall–Kier alpha value is -2.73. The minimum absolute atomic E-state index is 0.0464. The Morgan fingerprint density at radius 2 is 2.15 bits per heavy atom. The van der Waals surface area contributed by atoms with Crippen molar-refractivity contribution in [2.24, 2.45) is 0 Å². The van der Waals surface area contributed by atoms with E-state index in [-0.39, 0.29) is 28.2 Å². The summed E-state index contributed by atoms with van der Waals surface area (Å²) < 4.78 is 0. The van der Waals surface area contributed by atoms with Gasteiger partial charge in [0, 0.05) is 23.2 Å². The van der Waals surface area contributed by atoms with Crippen LogP contribution < -0.4 is 10.7 Å². The van der Waals surface area contributed by atoms with Crippen molar-refractivity contribution in [3.05, 3.63) is 73.8 Å². The Balaban J connectivity index is 1.71. The number of fused-ring (bicyclic) bond motifs is 1. The second-order valence-corrected chi connectivity index (χ2v) is 8.01. The lowest BCUT2D eigenvalue weighted by molar-refractivity contribution is -0.380. The number of nitriles is 1. The predicted octanol–water partition coefficient (Wildman–Crippen LogP) is 3.60. The van der Waals surface area contributed by atoms with Crippen LogP contribution in [0.5, 0.6) is 0 Å². The van der Waals surface area contributed by atoms with Crippen LogP contribution in [0.15, 0.2) is 42.1 Å². The lowest BCUT2D eigenvalue weighted by Gasteiger charge is -2.42. The molecule has 0 spiro atoms. The average Bonchev–Trinajstić information content (AvgIpc) is 3.28. The van der Waals surface area contributed by atoms with Gasteiger partial charge in [-0.1, -0.05) is 35.1 Å². The molecular formula is C19H19N5O2S. The maximum Gasteiger partial charge on any atom is 0.324 e. The standard InChI is InChI=1S/C19H19N5O2S/c1-11-3-4-14(12(2)7-11)16-8-15(17-5-6-18(27-17)24(25)26)22-19-13(9-20)10-21-23(16)19/h3-7,10,15-16,19,21-22H,8H2,1-2H3. The van der Waals surface area contributed by atoms with Crippen molar-refractivity contribution in [1.29, 1.82) is 5.26 Å². The monoisotopic (exact) mass is 381 g/mol. The number of rotatable bonds is 3. The first kappa shape index (κ1) is 17.7. The summed E-state index contributed by atoms with van der Waals surface area (Å²) in [5.41, 5.74) is 7.44. The molecule has 4 rings (SSSR count). The molecule has 1 aromatic carbocycles. The number of hydrogen-bond acceptors (Lipinski definition) is 7. The molecule has 3 heterocycles.